The topological polar surface area (TPSA) is 58.4 Å². The minimum atomic E-state index is -0.0495. The molecular weight excluding hydrogens is 202 g/mol. The van der Waals surface area contributed by atoms with Gasteiger partial charge < -0.3 is 4.90 Å². The normalized spacial score (nSPS) is 15.4. The van der Waals surface area contributed by atoms with Gasteiger partial charge in [-0.3, -0.25) is 10.2 Å². The average molecular weight is 227 g/mol. The molecule has 0 bridgehead atoms. The Morgan fingerprint density at radius 1 is 1.31 bits per heavy atom. The molecule has 0 atom stereocenters. The van der Waals surface area contributed by atoms with Crippen LogP contribution in [0, 0.1) is 0 Å². The Morgan fingerprint density at radius 2 is 2.00 bits per heavy atom. The van der Waals surface area contributed by atoms with E-state index in [9.17, 15) is 4.79 Å². The number of carbonyl (C=O) groups is 1. The molecule has 4 nitrogen and oxygen atoms in total. The Morgan fingerprint density at radius 3 is 2.56 bits per heavy atom. The van der Waals surface area contributed by atoms with Crippen LogP contribution in [0.3, 0.4) is 0 Å². The van der Waals surface area contributed by atoms with Crippen molar-refractivity contribution in [1.29, 1.82) is 0 Å². The van der Waals surface area contributed by atoms with E-state index in [1.807, 2.05) is 0 Å². The summed E-state index contributed by atoms with van der Waals surface area (Å²) < 4.78 is 0. The second-order valence-electron chi connectivity index (χ2n) is 4.65. The SMILES string of the molecule is CCCCN(CCCCC(=O)NN)C1CC1. The van der Waals surface area contributed by atoms with E-state index >= 15 is 0 Å². The van der Waals surface area contributed by atoms with E-state index in [-0.39, 0.29) is 5.91 Å². The zero-order valence-corrected chi connectivity index (χ0v) is 10.4. The molecule has 1 rings (SSSR count). The summed E-state index contributed by atoms with van der Waals surface area (Å²) in [5, 5.41) is 0. The fraction of sp³-hybridized carbons (Fsp3) is 0.917. The Labute approximate surface area is 98.5 Å². The van der Waals surface area contributed by atoms with Gasteiger partial charge in [-0.1, -0.05) is 13.3 Å². The number of carbonyl (C=O) groups excluding carboxylic acids is 1. The van der Waals surface area contributed by atoms with Crippen LogP contribution in [-0.2, 0) is 4.79 Å². The first-order valence-corrected chi connectivity index (χ1v) is 6.51. The summed E-state index contributed by atoms with van der Waals surface area (Å²) in [6.07, 6.45) is 7.90. The largest absolute Gasteiger partial charge is 0.300 e. The Kier molecular flexibility index (Phi) is 6.42. The van der Waals surface area contributed by atoms with E-state index in [2.05, 4.69) is 17.2 Å². The molecule has 1 aliphatic carbocycles. The highest BCUT2D eigenvalue weighted by atomic mass is 16.2. The van der Waals surface area contributed by atoms with Crippen molar-refractivity contribution in [2.45, 2.75) is 57.9 Å². The fourth-order valence-corrected chi connectivity index (χ4v) is 1.95. The quantitative estimate of drug-likeness (QED) is 0.271. The molecule has 16 heavy (non-hydrogen) atoms. The molecule has 0 aromatic heterocycles. The maximum absolute atomic E-state index is 10.9. The molecule has 1 fully saturated rings. The second-order valence-corrected chi connectivity index (χ2v) is 4.65. The van der Waals surface area contributed by atoms with Crippen LogP contribution in [0.15, 0.2) is 0 Å². The van der Waals surface area contributed by atoms with Gasteiger partial charge in [0.05, 0.1) is 0 Å². The fourth-order valence-electron chi connectivity index (χ4n) is 1.95. The molecule has 0 spiro atoms. The van der Waals surface area contributed by atoms with Crippen molar-refractivity contribution in [2.75, 3.05) is 13.1 Å². The van der Waals surface area contributed by atoms with Gasteiger partial charge >= 0.3 is 0 Å². The summed E-state index contributed by atoms with van der Waals surface area (Å²) in [6, 6.07) is 0.842. The van der Waals surface area contributed by atoms with Crippen molar-refractivity contribution in [3.8, 4) is 0 Å². The molecule has 4 heteroatoms. The van der Waals surface area contributed by atoms with Crippen LogP contribution in [0.5, 0.6) is 0 Å². The summed E-state index contributed by atoms with van der Waals surface area (Å²) in [7, 11) is 0. The van der Waals surface area contributed by atoms with E-state index in [1.165, 1.54) is 32.2 Å². The highest BCUT2D eigenvalue weighted by Gasteiger charge is 2.27. The molecule has 0 radical (unpaired) electrons. The number of amides is 1. The van der Waals surface area contributed by atoms with E-state index < -0.39 is 0 Å². The van der Waals surface area contributed by atoms with Gasteiger partial charge in [0.1, 0.15) is 0 Å². The molecule has 1 aliphatic rings. The van der Waals surface area contributed by atoms with Crippen molar-refractivity contribution >= 4 is 5.91 Å². The zero-order valence-electron chi connectivity index (χ0n) is 10.4. The van der Waals surface area contributed by atoms with Crippen LogP contribution in [-0.4, -0.2) is 29.9 Å². The van der Waals surface area contributed by atoms with Gasteiger partial charge in [0.15, 0.2) is 0 Å². The maximum atomic E-state index is 10.9. The van der Waals surface area contributed by atoms with Crippen molar-refractivity contribution in [3.63, 3.8) is 0 Å². The lowest BCUT2D eigenvalue weighted by molar-refractivity contribution is -0.121. The Balaban J connectivity index is 2.05. The summed E-state index contributed by atoms with van der Waals surface area (Å²) in [4.78, 5) is 13.5. The highest BCUT2D eigenvalue weighted by Crippen LogP contribution is 2.27. The van der Waals surface area contributed by atoms with Crippen molar-refractivity contribution < 1.29 is 4.79 Å². The van der Waals surface area contributed by atoms with Crippen molar-refractivity contribution in [2.24, 2.45) is 5.84 Å². The summed E-state index contributed by atoms with van der Waals surface area (Å²) in [5.74, 6) is 4.98. The average Bonchev–Trinajstić information content (AvgIpc) is 3.11. The molecule has 1 saturated carbocycles. The number of hydrazine groups is 1. The first kappa shape index (κ1) is 13.5. The predicted octanol–water partition coefficient (Wildman–Crippen LogP) is 1.41. The number of nitrogens with one attached hydrogen (secondary N) is 1. The number of hydrogen-bond donors (Lipinski definition) is 2. The first-order valence-electron chi connectivity index (χ1n) is 6.51. The van der Waals surface area contributed by atoms with Crippen LogP contribution in [0.2, 0.25) is 0 Å². The van der Waals surface area contributed by atoms with E-state index in [4.69, 9.17) is 5.84 Å². The number of rotatable bonds is 9. The lowest BCUT2D eigenvalue weighted by Gasteiger charge is -2.21. The van der Waals surface area contributed by atoms with E-state index in [1.54, 1.807) is 0 Å². The molecule has 94 valence electrons. The number of nitrogens with two attached hydrogens (primary N) is 1. The van der Waals surface area contributed by atoms with Gasteiger partial charge in [-0.2, -0.15) is 0 Å². The molecule has 0 aromatic carbocycles. The van der Waals surface area contributed by atoms with Gasteiger partial charge in [0.25, 0.3) is 0 Å². The van der Waals surface area contributed by atoms with Gasteiger partial charge in [0, 0.05) is 12.5 Å². The third kappa shape index (κ3) is 5.47. The van der Waals surface area contributed by atoms with Crippen molar-refractivity contribution in [1.82, 2.24) is 10.3 Å². The number of hydrogen-bond acceptors (Lipinski definition) is 3. The third-order valence-corrected chi connectivity index (χ3v) is 3.12. The summed E-state index contributed by atoms with van der Waals surface area (Å²) in [6.45, 7) is 4.60. The molecule has 0 saturated heterocycles. The second kappa shape index (κ2) is 7.63. The molecule has 0 heterocycles. The highest BCUT2D eigenvalue weighted by molar-refractivity contribution is 5.75. The zero-order chi connectivity index (χ0) is 11.8. The smallest absolute Gasteiger partial charge is 0.233 e. The lowest BCUT2D eigenvalue weighted by Crippen LogP contribution is -2.30. The standard InChI is InChI=1S/C12H25N3O/c1-2-3-9-15(11-7-8-11)10-5-4-6-12(16)14-13/h11H,2-10,13H2,1H3,(H,14,16). The van der Waals surface area contributed by atoms with Crippen molar-refractivity contribution in [3.05, 3.63) is 0 Å². The van der Waals surface area contributed by atoms with Crippen LogP contribution in [0.1, 0.15) is 51.9 Å². The molecule has 0 aromatic rings. The van der Waals surface area contributed by atoms with Crippen LogP contribution in [0.4, 0.5) is 0 Å². The van der Waals surface area contributed by atoms with E-state index in [0.717, 1.165) is 25.4 Å². The summed E-state index contributed by atoms with van der Waals surface area (Å²) in [5.41, 5.74) is 2.17. The van der Waals surface area contributed by atoms with Gasteiger partial charge in [0.2, 0.25) is 5.91 Å². The summed E-state index contributed by atoms with van der Waals surface area (Å²) >= 11 is 0. The molecule has 1 amide bonds. The van der Waals surface area contributed by atoms with Crippen LogP contribution < -0.4 is 11.3 Å². The number of nitrogens with zero attached hydrogens (tertiary/aromatic N) is 1. The predicted molar refractivity (Wildman–Crippen MR) is 65.7 cm³/mol. The molecule has 0 aliphatic heterocycles. The molecule has 3 N–H and O–H groups in total. The molecular formula is C12H25N3O. The van der Waals surface area contributed by atoms with Crippen LogP contribution in [0.25, 0.3) is 0 Å². The Bertz CT molecular complexity index is 204. The van der Waals surface area contributed by atoms with Gasteiger partial charge in [-0.15, -0.1) is 0 Å². The van der Waals surface area contributed by atoms with E-state index in [0.29, 0.717) is 6.42 Å². The molecule has 0 unspecified atom stereocenters. The van der Waals surface area contributed by atoms with Gasteiger partial charge in [-0.05, 0) is 45.2 Å². The monoisotopic (exact) mass is 227 g/mol. The third-order valence-electron chi connectivity index (χ3n) is 3.12. The minimum Gasteiger partial charge on any atom is -0.300 e. The Hall–Kier alpha value is -0.610. The first-order chi connectivity index (χ1) is 7.77. The maximum Gasteiger partial charge on any atom is 0.233 e. The van der Waals surface area contributed by atoms with Crippen LogP contribution >= 0.6 is 0 Å². The number of unbranched alkanes of at least 4 members (excludes halogenated alkanes) is 2. The minimum absolute atomic E-state index is 0.0495. The lowest BCUT2D eigenvalue weighted by atomic mass is 10.2. The van der Waals surface area contributed by atoms with Gasteiger partial charge in [-0.25, -0.2) is 5.84 Å².